The Morgan fingerprint density at radius 3 is 2.71 bits per heavy atom. The van der Waals surface area contributed by atoms with Crippen molar-refractivity contribution < 1.29 is 13.2 Å². The summed E-state index contributed by atoms with van der Waals surface area (Å²) in [6.45, 7) is 2.52. The summed E-state index contributed by atoms with van der Waals surface area (Å²) in [6, 6.07) is 1.04. The van der Waals surface area contributed by atoms with Crippen molar-refractivity contribution in [3.05, 3.63) is 17.8 Å². The van der Waals surface area contributed by atoms with Gasteiger partial charge in [0.05, 0.1) is 11.9 Å². The monoisotopic (exact) mass is 245 g/mol. The average Bonchev–Trinajstić information content (AvgIpc) is 2.63. The molecule has 1 aliphatic rings. The van der Waals surface area contributed by atoms with E-state index in [1.54, 1.807) is 4.90 Å². The van der Waals surface area contributed by atoms with Gasteiger partial charge in [-0.05, 0) is 25.8 Å². The van der Waals surface area contributed by atoms with Gasteiger partial charge in [-0.3, -0.25) is 0 Å². The zero-order chi connectivity index (χ0) is 12.6. The third-order valence-corrected chi connectivity index (χ3v) is 3.02. The number of anilines is 2. The summed E-state index contributed by atoms with van der Waals surface area (Å²) in [6.07, 6.45) is -1.36. The van der Waals surface area contributed by atoms with E-state index in [0.717, 1.165) is 18.9 Å². The molecule has 0 saturated carbocycles. The van der Waals surface area contributed by atoms with E-state index in [4.69, 9.17) is 5.73 Å². The smallest absolute Gasteiger partial charge is 0.397 e. The number of alkyl halides is 3. The SMILES string of the molecule is C[C@H]1CCCN1c1ncc(N)cc1C(F)(F)F. The molecule has 2 rings (SSSR count). The van der Waals surface area contributed by atoms with E-state index in [2.05, 4.69) is 4.98 Å². The number of hydrogen-bond acceptors (Lipinski definition) is 3. The predicted molar refractivity (Wildman–Crippen MR) is 59.7 cm³/mol. The first-order chi connectivity index (χ1) is 7.89. The second-order valence-electron chi connectivity index (χ2n) is 4.32. The van der Waals surface area contributed by atoms with E-state index >= 15 is 0 Å². The number of pyridine rings is 1. The number of nitrogens with two attached hydrogens (primary N) is 1. The fourth-order valence-electron chi connectivity index (χ4n) is 2.16. The Labute approximate surface area is 97.4 Å². The summed E-state index contributed by atoms with van der Waals surface area (Å²) in [7, 11) is 0. The van der Waals surface area contributed by atoms with Gasteiger partial charge in [0.1, 0.15) is 11.4 Å². The van der Waals surface area contributed by atoms with Gasteiger partial charge in [0, 0.05) is 12.6 Å². The van der Waals surface area contributed by atoms with Gasteiger partial charge in [-0.25, -0.2) is 4.98 Å². The lowest BCUT2D eigenvalue weighted by molar-refractivity contribution is -0.137. The minimum Gasteiger partial charge on any atom is -0.397 e. The van der Waals surface area contributed by atoms with Crippen LogP contribution in [0, 0.1) is 0 Å². The minimum atomic E-state index is -4.42. The van der Waals surface area contributed by atoms with Gasteiger partial charge in [0.2, 0.25) is 0 Å². The molecule has 1 aliphatic heterocycles. The van der Waals surface area contributed by atoms with Gasteiger partial charge in [-0.2, -0.15) is 13.2 Å². The maximum atomic E-state index is 12.9. The maximum Gasteiger partial charge on any atom is 0.420 e. The lowest BCUT2D eigenvalue weighted by Crippen LogP contribution is -2.29. The summed E-state index contributed by atoms with van der Waals surface area (Å²) < 4.78 is 38.7. The molecule has 0 spiro atoms. The molecule has 0 bridgehead atoms. The third kappa shape index (κ3) is 2.30. The van der Waals surface area contributed by atoms with Gasteiger partial charge in [0.25, 0.3) is 0 Å². The van der Waals surface area contributed by atoms with E-state index in [9.17, 15) is 13.2 Å². The molecule has 6 heteroatoms. The number of aromatic nitrogens is 1. The van der Waals surface area contributed by atoms with Crippen LogP contribution in [0.1, 0.15) is 25.3 Å². The lowest BCUT2D eigenvalue weighted by Gasteiger charge is -2.25. The highest BCUT2D eigenvalue weighted by Crippen LogP contribution is 2.38. The highest BCUT2D eigenvalue weighted by molar-refractivity contribution is 5.55. The Morgan fingerprint density at radius 1 is 1.47 bits per heavy atom. The van der Waals surface area contributed by atoms with Crippen molar-refractivity contribution in [2.75, 3.05) is 17.2 Å². The Bertz CT molecular complexity index is 417. The van der Waals surface area contributed by atoms with Crippen LogP contribution in [-0.2, 0) is 6.18 Å². The van der Waals surface area contributed by atoms with Crippen LogP contribution >= 0.6 is 0 Å². The topological polar surface area (TPSA) is 42.2 Å². The number of nitrogen functional groups attached to an aromatic ring is 1. The molecule has 1 aromatic heterocycles. The van der Waals surface area contributed by atoms with Crippen LogP contribution in [0.4, 0.5) is 24.7 Å². The first kappa shape index (κ1) is 12.0. The van der Waals surface area contributed by atoms with Crippen molar-refractivity contribution >= 4 is 11.5 Å². The molecular formula is C11H14F3N3. The van der Waals surface area contributed by atoms with Crippen molar-refractivity contribution in [2.24, 2.45) is 0 Å². The molecule has 1 saturated heterocycles. The van der Waals surface area contributed by atoms with Crippen molar-refractivity contribution in [1.82, 2.24) is 4.98 Å². The van der Waals surface area contributed by atoms with Crippen LogP contribution in [0.5, 0.6) is 0 Å². The Balaban J connectivity index is 2.46. The predicted octanol–water partition coefficient (Wildman–Crippen LogP) is 2.67. The van der Waals surface area contributed by atoms with Crippen LogP contribution in [0.25, 0.3) is 0 Å². The molecule has 0 unspecified atom stereocenters. The minimum absolute atomic E-state index is 0.00306. The van der Waals surface area contributed by atoms with E-state index in [1.807, 2.05) is 6.92 Å². The summed E-state index contributed by atoms with van der Waals surface area (Å²) in [5.41, 5.74) is 4.67. The second-order valence-corrected chi connectivity index (χ2v) is 4.32. The van der Waals surface area contributed by atoms with Crippen molar-refractivity contribution in [1.29, 1.82) is 0 Å². The molecule has 94 valence electrons. The van der Waals surface area contributed by atoms with Crippen molar-refractivity contribution in [3.8, 4) is 0 Å². The molecular weight excluding hydrogens is 231 g/mol. The molecule has 1 atom stereocenters. The fraction of sp³-hybridized carbons (Fsp3) is 0.545. The van der Waals surface area contributed by atoms with E-state index < -0.39 is 11.7 Å². The average molecular weight is 245 g/mol. The molecule has 0 aromatic carbocycles. The van der Waals surface area contributed by atoms with Crippen molar-refractivity contribution in [3.63, 3.8) is 0 Å². The zero-order valence-corrected chi connectivity index (χ0v) is 9.46. The van der Waals surface area contributed by atoms with Gasteiger partial charge in [-0.15, -0.1) is 0 Å². The molecule has 0 amide bonds. The molecule has 2 heterocycles. The maximum absolute atomic E-state index is 12.9. The largest absolute Gasteiger partial charge is 0.420 e. The van der Waals surface area contributed by atoms with E-state index in [-0.39, 0.29) is 17.5 Å². The quantitative estimate of drug-likeness (QED) is 0.827. The van der Waals surface area contributed by atoms with Gasteiger partial charge in [0.15, 0.2) is 0 Å². The first-order valence-electron chi connectivity index (χ1n) is 5.49. The second kappa shape index (κ2) is 4.09. The third-order valence-electron chi connectivity index (χ3n) is 3.02. The molecule has 1 aromatic rings. The summed E-state index contributed by atoms with van der Waals surface area (Å²) in [5, 5.41) is 0. The number of nitrogens with zero attached hydrogens (tertiary/aromatic N) is 2. The molecule has 0 aliphatic carbocycles. The van der Waals surface area contributed by atoms with Gasteiger partial charge >= 0.3 is 6.18 Å². The highest BCUT2D eigenvalue weighted by atomic mass is 19.4. The van der Waals surface area contributed by atoms with Crippen LogP contribution in [0.2, 0.25) is 0 Å². The van der Waals surface area contributed by atoms with Gasteiger partial charge < -0.3 is 10.6 Å². The van der Waals surface area contributed by atoms with Crippen LogP contribution < -0.4 is 10.6 Å². The summed E-state index contributed by atoms with van der Waals surface area (Å²) >= 11 is 0. The lowest BCUT2D eigenvalue weighted by atomic mass is 10.2. The fourth-order valence-corrected chi connectivity index (χ4v) is 2.16. The summed E-state index contributed by atoms with van der Waals surface area (Å²) in [5.74, 6) is -0.00306. The molecule has 0 radical (unpaired) electrons. The van der Waals surface area contributed by atoms with Crippen LogP contribution in [0.3, 0.4) is 0 Å². The Kier molecular flexibility index (Phi) is 2.89. The normalized spacial score (nSPS) is 20.9. The van der Waals surface area contributed by atoms with E-state index in [1.165, 1.54) is 6.20 Å². The molecule has 17 heavy (non-hydrogen) atoms. The van der Waals surface area contributed by atoms with Crippen LogP contribution in [0.15, 0.2) is 12.3 Å². The van der Waals surface area contributed by atoms with E-state index in [0.29, 0.717) is 6.54 Å². The molecule has 2 N–H and O–H groups in total. The number of halogens is 3. The van der Waals surface area contributed by atoms with Gasteiger partial charge in [-0.1, -0.05) is 0 Å². The summed E-state index contributed by atoms with van der Waals surface area (Å²) in [4.78, 5) is 5.55. The Morgan fingerprint density at radius 2 is 2.18 bits per heavy atom. The van der Waals surface area contributed by atoms with Crippen molar-refractivity contribution in [2.45, 2.75) is 32.0 Å². The molecule has 1 fully saturated rings. The first-order valence-corrected chi connectivity index (χ1v) is 5.49. The van der Waals surface area contributed by atoms with Crippen LogP contribution in [-0.4, -0.2) is 17.6 Å². The Hall–Kier alpha value is -1.46. The number of hydrogen-bond donors (Lipinski definition) is 1. The molecule has 3 nitrogen and oxygen atoms in total. The standard InChI is InChI=1S/C11H14F3N3/c1-7-3-2-4-17(7)10-9(11(12,13)14)5-8(15)6-16-10/h5-7H,2-4,15H2,1H3/t7-/m0/s1. The zero-order valence-electron chi connectivity index (χ0n) is 9.46. The highest BCUT2D eigenvalue weighted by Gasteiger charge is 2.37. The number of rotatable bonds is 1.